The zero-order valence-corrected chi connectivity index (χ0v) is 9.13. The zero-order valence-electron chi connectivity index (χ0n) is 8.38. The molecule has 1 aromatic rings. The molecule has 0 atom stereocenters. The number of aromatic hydroxyl groups is 1. The molecule has 0 aliphatic heterocycles. The number of carbonyl (C=O) groups excluding carboxylic acids is 1. The van der Waals surface area contributed by atoms with Gasteiger partial charge in [0.2, 0.25) is 0 Å². The number of alkyl halides is 3. The van der Waals surface area contributed by atoms with Crippen LogP contribution in [-0.2, 0) is 4.79 Å². The minimum Gasteiger partial charge on any atom is -0.504 e. The molecule has 0 bridgehead atoms. The van der Waals surface area contributed by atoms with E-state index in [-0.39, 0.29) is 0 Å². The minimum absolute atomic E-state index is 0.391. The highest BCUT2D eigenvalue weighted by molar-refractivity contribution is 6.33. The second kappa shape index (κ2) is 4.73. The molecule has 1 rings (SSSR count). The highest BCUT2D eigenvalue weighted by Crippen LogP contribution is 2.35. The first-order valence-electron chi connectivity index (χ1n) is 4.27. The monoisotopic (exact) mass is 283 g/mol. The molecule has 0 aromatic heterocycles. The summed E-state index contributed by atoms with van der Waals surface area (Å²) < 4.78 is 36.1. The van der Waals surface area contributed by atoms with Crippen LogP contribution in [0.25, 0.3) is 0 Å². The number of aromatic carboxylic acids is 1. The van der Waals surface area contributed by atoms with Crippen LogP contribution in [0, 0.1) is 0 Å². The lowest BCUT2D eigenvalue weighted by atomic mass is 10.1. The smallest absolute Gasteiger partial charge is 0.471 e. The summed E-state index contributed by atoms with van der Waals surface area (Å²) in [6, 6.07) is 1.83. The Morgan fingerprint density at radius 3 is 2.28 bits per heavy atom. The molecule has 1 amide bonds. The maximum absolute atomic E-state index is 12.0. The number of amides is 1. The molecule has 0 saturated carbocycles. The Morgan fingerprint density at radius 1 is 1.28 bits per heavy atom. The van der Waals surface area contributed by atoms with Crippen molar-refractivity contribution in [3.63, 3.8) is 0 Å². The number of carboxylic acid groups (broad SMARTS) is 1. The van der Waals surface area contributed by atoms with E-state index >= 15 is 0 Å². The van der Waals surface area contributed by atoms with Crippen LogP contribution in [0.5, 0.6) is 5.75 Å². The third kappa shape index (κ3) is 2.83. The molecule has 0 spiro atoms. The lowest BCUT2D eigenvalue weighted by Gasteiger charge is -2.12. The molecule has 1 aromatic carbocycles. The summed E-state index contributed by atoms with van der Waals surface area (Å²) >= 11 is 5.41. The molecule has 0 radical (unpaired) electrons. The summed E-state index contributed by atoms with van der Waals surface area (Å²) in [4.78, 5) is 21.4. The predicted molar refractivity (Wildman–Crippen MR) is 54.8 cm³/mol. The van der Waals surface area contributed by atoms with E-state index < -0.39 is 40.1 Å². The van der Waals surface area contributed by atoms with Gasteiger partial charge < -0.3 is 15.5 Å². The molecule has 9 heteroatoms. The molecule has 0 aliphatic carbocycles. The Balaban J connectivity index is 3.26. The summed E-state index contributed by atoms with van der Waals surface area (Å²) in [6.45, 7) is 0. The topological polar surface area (TPSA) is 86.6 Å². The molecule has 18 heavy (non-hydrogen) atoms. The van der Waals surface area contributed by atoms with Gasteiger partial charge in [-0.2, -0.15) is 13.2 Å². The Hall–Kier alpha value is -1.96. The third-order valence-corrected chi connectivity index (χ3v) is 2.16. The van der Waals surface area contributed by atoms with E-state index in [4.69, 9.17) is 16.7 Å². The fraction of sp³-hybridized carbons (Fsp3) is 0.111. The maximum atomic E-state index is 12.0. The Labute approximate surface area is 103 Å². The summed E-state index contributed by atoms with van der Waals surface area (Å²) in [5.74, 6) is -4.99. The van der Waals surface area contributed by atoms with Crippen LogP contribution in [0.15, 0.2) is 12.1 Å². The van der Waals surface area contributed by atoms with Gasteiger partial charge in [-0.25, -0.2) is 4.79 Å². The largest absolute Gasteiger partial charge is 0.504 e. The van der Waals surface area contributed by atoms with Gasteiger partial charge in [0.25, 0.3) is 0 Å². The van der Waals surface area contributed by atoms with Gasteiger partial charge in [-0.3, -0.25) is 4.79 Å². The fourth-order valence-corrected chi connectivity index (χ4v) is 1.21. The highest BCUT2D eigenvalue weighted by atomic mass is 35.5. The van der Waals surface area contributed by atoms with Gasteiger partial charge in [0.15, 0.2) is 5.75 Å². The number of carbonyl (C=O) groups is 2. The van der Waals surface area contributed by atoms with Crippen LogP contribution < -0.4 is 5.32 Å². The molecule has 98 valence electrons. The van der Waals surface area contributed by atoms with E-state index in [1.807, 2.05) is 0 Å². The van der Waals surface area contributed by atoms with Gasteiger partial charge in [-0.1, -0.05) is 11.6 Å². The highest BCUT2D eigenvalue weighted by Gasteiger charge is 2.39. The summed E-state index contributed by atoms with van der Waals surface area (Å²) in [5, 5.41) is 18.9. The quantitative estimate of drug-likeness (QED) is 0.727. The number of carboxylic acids is 1. The van der Waals surface area contributed by atoms with Gasteiger partial charge in [0.05, 0.1) is 16.3 Å². The molecule has 0 aliphatic rings. The van der Waals surface area contributed by atoms with Gasteiger partial charge in [0.1, 0.15) is 0 Å². The van der Waals surface area contributed by atoms with Crippen molar-refractivity contribution >= 4 is 29.2 Å². The van der Waals surface area contributed by atoms with Crippen LogP contribution in [0.2, 0.25) is 5.02 Å². The number of phenolic OH excluding ortho intramolecular Hbond substituents is 1. The number of benzene rings is 1. The number of hydrogen-bond acceptors (Lipinski definition) is 3. The second-order valence-electron chi connectivity index (χ2n) is 3.08. The molecule has 3 N–H and O–H groups in total. The number of anilines is 1. The normalized spacial score (nSPS) is 11.1. The third-order valence-electron chi connectivity index (χ3n) is 1.86. The Morgan fingerprint density at radius 2 is 1.83 bits per heavy atom. The van der Waals surface area contributed by atoms with Crippen molar-refractivity contribution in [1.29, 1.82) is 0 Å². The molecule has 0 fully saturated rings. The van der Waals surface area contributed by atoms with E-state index in [1.165, 1.54) is 5.32 Å². The molecule has 0 unspecified atom stereocenters. The van der Waals surface area contributed by atoms with Crippen LogP contribution in [-0.4, -0.2) is 28.3 Å². The summed E-state index contributed by atoms with van der Waals surface area (Å²) in [5.41, 5.74) is -1.62. The molecule has 5 nitrogen and oxygen atoms in total. The summed E-state index contributed by atoms with van der Waals surface area (Å²) in [7, 11) is 0. The van der Waals surface area contributed by atoms with E-state index in [2.05, 4.69) is 0 Å². The van der Waals surface area contributed by atoms with E-state index in [0.29, 0.717) is 0 Å². The van der Waals surface area contributed by atoms with Crippen molar-refractivity contribution in [2.75, 3.05) is 5.32 Å². The zero-order chi connectivity index (χ0) is 14.1. The maximum Gasteiger partial charge on any atom is 0.471 e. The van der Waals surface area contributed by atoms with Crippen molar-refractivity contribution in [1.82, 2.24) is 0 Å². The first-order chi connectivity index (χ1) is 8.14. The predicted octanol–water partition coefficient (Wildman–Crippen LogP) is 2.24. The lowest BCUT2D eigenvalue weighted by molar-refractivity contribution is -0.167. The SMILES string of the molecule is O=C(O)c1ccc(Cl)c(O)c1NC(=O)C(F)(F)F. The van der Waals surface area contributed by atoms with E-state index in [1.54, 1.807) is 0 Å². The number of rotatable bonds is 2. The van der Waals surface area contributed by atoms with Crippen molar-refractivity contribution in [2.45, 2.75) is 6.18 Å². The van der Waals surface area contributed by atoms with Crippen molar-refractivity contribution < 1.29 is 33.0 Å². The van der Waals surface area contributed by atoms with Gasteiger partial charge >= 0.3 is 18.1 Å². The molecular weight excluding hydrogens is 279 g/mol. The second-order valence-corrected chi connectivity index (χ2v) is 3.48. The summed E-state index contributed by atoms with van der Waals surface area (Å²) in [6.07, 6.45) is -5.22. The van der Waals surface area contributed by atoms with Crippen molar-refractivity contribution in [2.24, 2.45) is 0 Å². The molecule has 0 heterocycles. The van der Waals surface area contributed by atoms with Gasteiger partial charge in [-0.05, 0) is 12.1 Å². The number of phenols is 1. The Kier molecular flexibility index (Phi) is 3.70. The van der Waals surface area contributed by atoms with E-state index in [0.717, 1.165) is 12.1 Å². The first kappa shape index (κ1) is 14.1. The average Bonchev–Trinajstić information content (AvgIpc) is 2.23. The van der Waals surface area contributed by atoms with Crippen LogP contribution in [0.4, 0.5) is 18.9 Å². The standard InChI is InChI=1S/C9H5ClF3NO4/c10-4-2-1-3(7(16)17)5(6(4)15)14-8(18)9(11,12)13/h1-2,15H,(H,14,18)(H,16,17). The fourth-order valence-electron chi connectivity index (χ4n) is 1.05. The first-order valence-corrected chi connectivity index (χ1v) is 4.65. The molecular formula is C9H5ClF3NO4. The number of nitrogens with one attached hydrogen (secondary N) is 1. The van der Waals surface area contributed by atoms with Gasteiger partial charge in [0, 0.05) is 0 Å². The van der Waals surface area contributed by atoms with Crippen molar-refractivity contribution in [3.05, 3.63) is 22.7 Å². The minimum atomic E-state index is -5.22. The van der Waals surface area contributed by atoms with Crippen LogP contribution in [0.3, 0.4) is 0 Å². The Bertz CT molecular complexity index is 515. The van der Waals surface area contributed by atoms with Crippen molar-refractivity contribution in [3.8, 4) is 5.75 Å². The number of hydrogen-bond donors (Lipinski definition) is 3. The van der Waals surface area contributed by atoms with Crippen LogP contribution >= 0.6 is 11.6 Å². The van der Waals surface area contributed by atoms with Gasteiger partial charge in [-0.15, -0.1) is 0 Å². The number of halogens is 4. The van der Waals surface area contributed by atoms with Crippen LogP contribution in [0.1, 0.15) is 10.4 Å². The average molecular weight is 284 g/mol. The molecule has 0 saturated heterocycles. The lowest BCUT2D eigenvalue weighted by Crippen LogP contribution is -2.30. The van der Waals surface area contributed by atoms with E-state index in [9.17, 15) is 27.9 Å².